The van der Waals surface area contributed by atoms with Crippen molar-refractivity contribution in [3.63, 3.8) is 0 Å². The number of rotatable bonds is 6. The second-order valence-corrected chi connectivity index (χ2v) is 9.30. The molecule has 1 amide bonds. The molecule has 1 aromatic heterocycles. The van der Waals surface area contributed by atoms with Crippen LogP contribution in [0.1, 0.15) is 38.6 Å². The summed E-state index contributed by atoms with van der Waals surface area (Å²) in [5.74, 6) is 0.817. The molecule has 1 fully saturated rings. The number of thioether (sulfide) groups is 1. The van der Waals surface area contributed by atoms with Crippen molar-refractivity contribution in [1.29, 1.82) is 0 Å². The lowest BCUT2D eigenvalue weighted by Gasteiger charge is -2.22. The summed E-state index contributed by atoms with van der Waals surface area (Å²) in [7, 11) is 1.81. The van der Waals surface area contributed by atoms with E-state index in [1.165, 1.54) is 24.6 Å². The van der Waals surface area contributed by atoms with Crippen molar-refractivity contribution < 1.29 is 4.79 Å². The molecule has 1 atom stereocenters. The molecule has 1 heterocycles. The Morgan fingerprint density at radius 3 is 2.47 bits per heavy atom. The molecular formula is C23H25ClN4OS. The van der Waals surface area contributed by atoms with E-state index in [9.17, 15) is 4.79 Å². The van der Waals surface area contributed by atoms with Crippen molar-refractivity contribution in [2.75, 3.05) is 11.9 Å². The molecule has 7 heteroatoms. The molecule has 1 saturated carbocycles. The molecule has 156 valence electrons. The third-order valence-electron chi connectivity index (χ3n) is 5.57. The van der Waals surface area contributed by atoms with Gasteiger partial charge in [-0.15, -0.1) is 10.2 Å². The number of amides is 1. The first-order chi connectivity index (χ1) is 14.6. The normalized spacial score (nSPS) is 15.3. The van der Waals surface area contributed by atoms with E-state index in [-0.39, 0.29) is 11.2 Å². The van der Waals surface area contributed by atoms with Crippen LogP contribution in [-0.4, -0.2) is 33.0 Å². The zero-order valence-electron chi connectivity index (χ0n) is 17.2. The van der Waals surface area contributed by atoms with Gasteiger partial charge in [-0.05, 0) is 44.0 Å². The summed E-state index contributed by atoms with van der Waals surface area (Å²) in [5, 5.41) is 10.1. The summed E-state index contributed by atoms with van der Waals surface area (Å²) in [5.41, 5.74) is 1.76. The zero-order chi connectivity index (χ0) is 21.1. The van der Waals surface area contributed by atoms with Crippen LogP contribution < -0.4 is 4.90 Å². The molecule has 0 N–H and O–H groups in total. The SMILES string of the molecule is C[C@@H](Sc1nnc(-c2ccccc2Cl)n1C1CCCC1)C(=O)N(C)c1ccccc1. The van der Waals surface area contributed by atoms with Crippen molar-refractivity contribution in [2.45, 2.75) is 49.1 Å². The van der Waals surface area contributed by atoms with E-state index in [1.807, 2.05) is 68.6 Å². The summed E-state index contributed by atoms with van der Waals surface area (Å²) in [6.07, 6.45) is 4.57. The second kappa shape index (κ2) is 9.23. The van der Waals surface area contributed by atoms with Crippen LogP contribution in [0.4, 0.5) is 5.69 Å². The highest BCUT2D eigenvalue weighted by Gasteiger charge is 2.28. The number of hydrogen-bond donors (Lipinski definition) is 0. The predicted molar refractivity (Wildman–Crippen MR) is 123 cm³/mol. The van der Waals surface area contributed by atoms with Crippen molar-refractivity contribution in [1.82, 2.24) is 14.8 Å². The number of halogens is 1. The quantitative estimate of drug-likeness (QED) is 0.450. The molecule has 0 saturated heterocycles. The first-order valence-electron chi connectivity index (χ1n) is 10.3. The van der Waals surface area contributed by atoms with Gasteiger partial charge in [-0.25, -0.2) is 0 Å². The highest BCUT2D eigenvalue weighted by atomic mass is 35.5. The summed E-state index contributed by atoms with van der Waals surface area (Å²) in [4.78, 5) is 14.7. The molecular weight excluding hydrogens is 416 g/mol. The van der Waals surface area contributed by atoms with Crippen LogP contribution in [0.2, 0.25) is 5.02 Å². The summed E-state index contributed by atoms with van der Waals surface area (Å²) < 4.78 is 2.20. The maximum absolute atomic E-state index is 13.0. The summed E-state index contributed by atoms with van der Waals surface area (Å²) in [6, 6.07) is 17.7. The van der Waals surface area contributed by atoms with E-state index >= 15 is 0 Å². The molecule has 0 aliphatic heterocycles. The van der Waals surface area contributed by atoms with E-state index in [1.54, 1.807) is 4.90 Å². The first kappa shape index (κ1) is 20.9. The van der Waals surface area contributed by atoms with Gasteiger partial charge in [0, 0.05) is 24.3 Å². The largest absolute Gasteiger partial charge is 0.315 e. The monoisotopic (exact) mass is 440 g/mol. The van der Waals surface area contributed by atoms with Gasteiger partial charge in [0.05, 0.1) is 10.3 Å². The number of benzene rings is 2. The lowest BCUT2D eigenvalue weighted by atomic mass is 10.2. The fourth-order valence-corrected chi connectivity index (χ4v) is 5.17. The van der Waals surface area contributed by atoms with Crippen LogP contribution in [0.5, 0.6) is 0 Å². The van der Waals surface area contributed by atoms with Crippen molar-refractivity contribution in [3.8, 4) is 11.4 Å². The van der Waals surface area contributed by atoms with Gasteiger partial charge < -0.3 is 4.90 Å². The lowest BCUT2D eigenvalue weighted by molar-refractivity contribution is -0.117. The fraction of sp³-hybridized carbons (Fsp3) is 0.348. The van der Waals surface area contributed by atoms with E-state index < -0.39 is 0 Å². The third-order valence-corrected chi connectivity index (χ3v) is 6.95. The molecule has 4 rings (SSSR count). The van der Waals surface area contributed by atoms with Crippen molar-refractivity contribution in [2.24, 2.45) is 0 Å². The average Bonchev–Trinajstić information content (AvgIpc) is 3.43. The highest BCUT2D eigenvalue weighted by Crippen LogP contribution is 2.39. The van der Waals surface area contributed by atoms with Gasteiger partial charge in [0.25, 0.3) is 0 Å². The summed E-state index contributed by atoms with van der Waals surface area (Å²) >= 11 is 7.93. The van der Waals surface area contributed by atoms with Gasteiger partial charge in [-0.3, -0.25) is 9.36 Å². The van der Waals surface area contributed by atoms with E-state index in [4.69, 9.17) is 11.6 Å². The molecule has 1 aliphatic carbocycles. The zero-order valence-corrected chi connectivity index (χ0v) is 18.7. The second-order valence-electron chi connectivity index (χ2n) is 7.59. The van der Waals surface area contributed by atoms with Crippen LogP contribution >= 0.6 is 23.4 Å². The number of carbonyl (C=O) groups excluding carboxylic acids is 1. The van der Waals surface area contributed by atoms with Crippen LogP contribution in [-0.2, 0) is 4.79 Å². The topological polar surface area (TPSA) is 51.0 Å². The van der Waals surface area contributed by atoms with Gasteiger partial charge in [0.2, 0.25) is 5.91 Å². The number of anilines is 1. The van der Waals surface area contributed by atoms with Gasteiger partial charge >= 0.3 is 0 Å². The van der Waals surface area contributed by atoms with Crippen molar-refractivity contribution in [3.05, 3.63) is 59.6 Å². The maximum atomic E-state index is 13.0. The lowest BCUT2D eigenvalue weighted by Crippen LogP contribution is -2.33. The Morgan fingerprint density at radius 1 is 1.10 bits per heavy atom. The number of nitrogens with zero attached hydrogens (tertiary/aromatic N) is 4. The number of para-hydroxylation sites is 1. The molecule has 0 unspecified atom stereocenters. The van der Waals surface area contributed by atoms with Crippen LogP contribution in [0.3, 0.4) is 0 Å². The van der Waals surface area contributed by atoms with Crippen LogP contribution in [0.25, 0.3) is 11.4 Å². The Bertz CT molecular complexity index is 1020. The molecule has 2 aromatic carbocycles. The predicted octanol–water partition coefficient (Wildman–Crippen LogP) is 5.86. The van der Waals surface area contributed by atoms with E-state index in [0.717, 1.165) is 35.1 Å². The minimum atomic E-state index is -0.293. The van der Waals surface area contributed by atoms with Gasteiger partial charge in [0.1, 0.15) is 0 Å². The number of hydrogen-bond acceptors (Lipinski definition) is 4. The molecule has 5 nitrogen and oxygen atoms in total. The van der Waals surface area contributed by atoms with Crippen LogP contribution in [0.15, 0.2) is 59.8 Å². The molecule has 3 aromatic rings. The Labute approximate surface area is 186 Å². The third kappa shape index (κ3) is 4.25. The average molecular weight is 441 g/mol. The van der Waals surface area contributed by atoms with E-state index in [0.29, 0.717) is 11.1 Å². The van der Waals surface area contributed by atoms with Gasteiger partial charge in [-0.2, -0.15) is 0 Å². The van der Waals surface area contributed by atoms with Crippen molar-refractivity contribution >= 4 is 35.0 Å². The number of aromatic nitrogens is 3. The highest BCUT2D eigenvalue weighted by molar-refractivity contribution is 8.00. The molecule has 1 aliphatic rings. The minimum Gasteiger partial charge on any atom is -0.315 e. The summed E-state index contributed by atoms with van der Waals surface area (Å²) in [6.45, 7) is 1.93. The standard InChI is InChI=1S/C23H25ClN4OS/c1-16(22(29)27(2)17-10-4-3-5-11-17)30-23-26-25-21(19-14-8-9-15-20(19)24)28(23)18-12-6-7-13-18/h3-5,8-11,14-16,18H,6-7,12-13H2,1-2H3/t16-/m1/s1. The molecule has 30 heavy (non-hydrogen) atoms. The maximum Gasteiger partial charge on any atom is 0.240 e. The smallest absolute Gasteiger partial charge is 0.240 e. The van der Waals surface area contributed by atoms with Crippen LogP contribution in [0, 0.1) is 0 Å². The number of carbonyl (C=O) groups is 1. The minimum absolute atomic E-state index is 0.0338. The molecule has 0 bridgehead atoms. The fourth-order valence-electron chi connectivity index (χ4n) is 3.94. The Hall–Kier alpha value is -2.31. The van der Waals surface area contributed by atoms with Gasteiger partial charge in [-0.1, -0.05) is 66.5 Å². The molecule has 0 spiro atoms. The first-order valence-corrected chi connectivity index (χ1v) is 11.5. The Morgan fingerprint density at radius 2 is 1.77 bits per heavy atom. The molecule has 0 radical (unpaired) electrons. The van der Waals surface area contributed by atoms with E-state index in [2.05, 4.69) is 14.8 Å². The Balaban J connectivity index is 1.62. The Kier molecular flexibility index (Phi) is 6.44. The van der Waals surface area contributed by atoms with Gasteiger partial charge in [0.15, 0.2) is 11.0 Å².